The summed E-state index contributed by atoms with van der Waals surface area (Å²) in [5, 5.41) is 34.2. The number of nitrogens with zero attached hydrogens (tertiary/aromatic N) is 2. The zero-order valence-electron chi connectivity index (χ0n) is 35.4. The van der Waals surface area contributed by atoms with Crippen LogP contribution in [0.4, 0.5) is 4.79 Å². The molecule has 1 saturated carbocycles. The first-order valence-corrected chi connectivity index (χ1v) is 21.6. The van der Waals surface area contributed by atoms with E-state index in [0.29, 0.717) is 60.1 Å². The molecular weight excluding hydrogens is 789 g/mol. The van der Waals surface area contributed by atoms with Gasteiger partial charge in [0, 0.05) is 44.1 Å². The lowest BCUT2D eigenvalue weighted by molar-refractivity contribution is -0.256. The first kappa shape index (κ1) is 46.0. The van der Waals surface area contributed by atoms with E-state index in [9.17, 15) is 24.9 Å². The van der Waals surface area contributed by atoms with Gasteiger partial charge in [0.2, 0.25) is 12.1 Å². The van der Waals surface area contributed by atoms with Gasteiger partial charge in [-0.15, -0.1) is 6.58 Å². The summed E-state index contributed by atoms with van der Waals surface area (Å²) in [5.74, 6) is -0.447. The average Bonchev–Trinajstić information content (AvgIpc) is 3.29. The van der Waals surface area contributed by atoms with Crippen LogP contribution in [0.25, 0.3) is 0 Å². The number of ether oxygens (including phenoxy) is 7. The van der Waals surface area contributed by atoms with Crippen LogP contribution in [0.5, 0.6) is 23.0 Å². The van der Waals surface area contributed by atoms with Crippen molar-refractivity contribution < 1.29 is 62.9 Å². The highest BCUT2D eigenvalue weighted by atomic mass is 16.8. The molecule has 3 N–H and O–H groups in total. The molecule has 0 radical (unpaired) electrons. The molecule has 6 rings (SSSR count). The van der Waals surface area contributed by atoms with E-state index in [1.807, 2.05) is 12.1 Å². The van der Waals surface area contributed by atoms with Gasteiger partial charge in [-0.05, 0) is 92.3 Å². The molecule has 15 nitrogen and oxygen atoms in total. The van der Waals surface area contributed by atoms with Gasteiger partial charge < -0.3 is 53.3 Å². The minimum absolute atomic E-state index is 0.0159. The molecule has 61 heavy (non-hydrogen) atoms. The van der Waals surface area contributed by atoms with E-state index in [-0.39, 0.29) is 70.4 Å². The van der Waals surface area contributed by atoms with Crippen LogP contribution in [-0.4, -0.2) is 123 Å². The number of carbonyl (C=O) groups is 2. The molecule has 2 fully saturated rings. The number of aliphatic hydroxyl groups excluding tert-OH is 3. The molecule has 1 unspecified atom stereocenters. The Hall–Kier alpha value is -4.51. The second-order valence-electron chi connectivity index (χ2n) is 15.8. The molecular formula is C46H62N2O13. The van der Waals surface area contributed by atoms with Gasteiger partial charge in [-0.3, -0.25) is 9.69 Å². The fourth-order valence-corrected chi connectivity index (χ4v) is 9.45. The number of allylic oxidation sites excluding steroid dienone is 1. The Labute approximate surface area is 358 Å². The first-order chi connectivity index (χ1) is 29.9. The Kier molecular flexibility index (Phi) is 17.0. The predicted octanol–water partition coefficient (Wildman–Crippen LogP) is 6.54. The zero-order valence-corrected chi connectivity index (χ0v) is 35.4. The number of oxime groups is 1. The molecule has 0 aromatic heterocycles. The summed E-state index contributed by atoms with van der Waals surface area (Å²) < 4.78 is 43.1. The fraction of sp³-hybridized carbons (Fsp3) is 0.587. The second kappa shape index (κ2) is 22.5. The van der Waals surface area contributed by atoms with Crippen LogP contribution in [0.2, 0.25) is 0 Å². The van der Waals surface area contributed by atoms with E-state index in [1.54, 1.807) is 35.2 Å². The SMILES string of the molecule is C=CCO[C@@]12Oc3ccc(Oc4ccc(OC)c(C=O)c4)cc3[C@H]3[C@H](CCCCO)[C@@H](CCCCO)C=C(C(=NOC4CCCCO4)C[C@@H]1N(CCOCCO)C(=O)OC)[C@H]32. The lowest BCUT2D eigenvalue weighted by atomic mass is 9.55. The number of hydrogen-bond acceptors (Lipinski definition) is 14. The lowest BCUT2D eigenvalue weighted by Gasteiger charge is -2.59. The van der Waals surface area contributed by atoms with Crippen LogP contribution < -0.4 is 14.2 Å². The Bertz CT molecular complexity index is 1830. The number of carbonyl (C=O) groups excluding carboxylic acids is 2. The summed E-state index contributed by atoms with van der Waals surface area (Å²) in [6.07, 6.45) is 10.6. The molecule has 334 valence electrons. The smallest absolute Gasteiger partial charge is 0.410 e. The first-order valence-electron chi connectivity index (χ1n) is 21.6. The molecule has 2 aromatic carbocycles. The van der Waals surface area contributed by atoms with Crippen LogP contribution in [0.1, 0.15) is 86.0 Å². The predicted molar refractivity (Wildman–Crippen MR) is 225 cm³/mol. The highest BCUT2D eigenvalue weighted by Gasteiger charge is 2.65. The third kappa shape index (κ3) is 10.6. The van der Waals surface area contributed by atoms with Gasteiger partial charge in [-0.25, -0.2) is 4.79 Å². The number of fused-ring (bicyclic) bond motifs is 2. The van der Waals surface area contributed by atoms with Gasteiger partial charge in [0.05, 0.1) is 64.4 Å². The van der Waals surface area contributed by atoms with E-state index in [2.05, 4.69) is 12.7 Å². The van der Waals surface area contributed by atoms with Crippen LogP contribution in [0.15, 0.2) is 65.9 Å². The van der Waals surface area contributed by atoms with Crippen molar-refractivity contribution in [2.45, 2.75) is 88.2 Å². The molecule has 2 aliphatic carbocycles. The minimum Gasteiger partial charge on any atom is -0.496 e. The van der Waals surface area contributed by atoms with Crippen molar-refractivity contribution in [2.24, 2.45) is 22.9 Å². The van der Waals surface area contributed by atoms with E-state index in [1.165, 1.54) is 14.2 Å². The zero-order chi connectivity index (χ0) is 43.2. The van der Waals surface area contributed by atoms with Gasteiger partial charge in [-0.1, -0.05) is 30.1 Å². The molecule has 0 spiro atoms. The lowest BCUT2D eigenvalue weighted by Crippen LogP contribution is -2.70. The molecule has 2 aliphatic heterocycles. The van der Waals surface area contributed by atoms with Gasteiger partial charge in [0.25, 0.3) is 0 Å². The topological polar surface area (TPSA) is 184 Å². The molecule has 2 heterocycles. The van der Waals surface area contributed by atoms with Crippen molar-refractivity contribution in [3.8, 4) is 23.0 Å². The molecule has 1 amide bonds. The molecule has 0 bridgehead atoms. The maximum Gasteiger partial charge on any atom is 0.410 e. The van der Waals surface area contributed by atoms with Crippen molar-refractivity contribution in [1.29, 1.82) is 0 Å². The Morgan fingerprint density at radius 3 is 2.49 bits per heavy atom. The van der Waals surface area contributed by atoms with Crippen molar-refractivity contribution in [3.05, 3.63) is 71.8 Å². The van der Waals surface area contributed by atoms with Crippen molar-refractivity contribution >= 4 is 18.1 Å². The number of hydrogen-bond donors (Lipinski definition) is 3. The maximum absolute atomic E-state index is 14.0. The molecule has 7 atom stereocenters. The van der Waals surface area contributed by atoms with Crippen molar-refractivity contribution in [2.75, 3.05) is 67.0 Å². The number of aldehydes is 1. The molecule has 4 aliphatic rings. The third-order valence-corrected chi connectivity index (χ3v) is 12.1. The van der Waals surface area contributed by atoms with Gasteiger partial charge in [-0.2, -0.15) is 0 Å². The van der Waals surface area contributed by atoms with E-state index >= 15 is 0 Å². The largest absolute Gasteiger partial charge is 0.496 e. The number of amides is 1. The molecule has 2 aromatic rings. The number of methoxy groups -OCH3 is 2. The van der Waals surface area contributed by atoms with Crippen LogP contribution in [0.3, 0.4) is 0 Å². The summed E-state index contributed by atoms with van der Waals surface area (Å²) in [4.78, 5) is 33.7. The Morgan fingerprint density at radius 2 is 1.79 bits per heavy atom. The Balaban J connectivity index is 1.57. The summed E-state index contributed by atoms with van der Waals surface area (Å²) >= 11 is 0. The van der Waals surface area contributed by atoms with E-state index < -0.39 is 30.1 Å². The van der Waals surface area contributed by atoms with Gasteiger partial charge in [0.1, 0.15) is 29.0 Å². The maximum atomic E-state index is 14.0. The second-order valence-corrected chi connectivity index (χ2v) is 15.8. The summed E-state index contributed by atoms with van der Waals surface area (Å²) in [6, 6.07) is 9.85. The standard InChI is InChI=1S/C46H62N2O13/c1-4-22-58-46-41(48(45(53)55-3)18-24-56-25-21-51)29-38(47-61-42-13-7-10-23-57-42)36-27-31(11-5-8-19-49)35(12-6-9-20-50)43(44(36)46)37-28-34(15-17-40(37)60-46)59-33-14-16-39(54-2)32(26-33)30-52/h4,14-17,26-28,30-31,35,41-44,49-51H,1,5-13,18-25,29H2,2-3H3/t31-,35+,41-,42?,43+,44+,46+/m0/s1. The summed E-state index contributed by atoms with van der Waals surface area (Å²) in [7, 11) is 2.83. The normalized spacial score (nSPS) is 25.9. The number of aliphatic hydroxyl groups is 3. The minimum atomic E-state index is -1.51. The van der Waals surface area contributed by atoms with Crippen LogP contribution >= 0.6 is 0 Å². The highest BCUT2D eigenvalue weighted by Crippen LogP contribution is 2.62. The quantitative estimate of drug-likeness (QED) is 0.0475. The van der Waals surface area contributed by atoms with Gasteiger partial charge in [0.15, 0.2) is 6.29 Å². The average molecular weight is 851 g/mol. The molecule has 1 saturated heterocycles. The van der Waals surface area contributed by atoms with Crippen LogP contribution in [-0.2, 0) is 23.8 Å². The van der Waals surface area contributed by atoms with Crippen molar-refractivity contribution in [1.82, 2.24) is 4.90 Å². The number of unbranched alkanes of at least 4 members (excludes halogenated alkanes) is 2. The highest BCUT2D eigenvalue weighted by molar-refractivity contribution is 6.03. The summed E-state index contributed by atoms with van der Waals surface area (Å²) in [5.41, 5.74) is 2.71. The molecule has 15 heteroatoms. The summed E-state index contributed by atoms with van der Waals surface area (Å²) in [6.45, 7) is 4.87. The van der Waals surface area contributed by atoms with Gasteiger partial charge >= 0.3 is 6.09 Å². The third-order valence-electron chi connectivity index (χ3n) is 12.1. The van der Waals surface area contributed by atoms with Crippen molar-refractivity contribution in [3.63, 3.8) is 0 Å². The number of rotatable bonds is 23. The van der Waals surface area contributed by atoms with Crippen LogP contribution in [0, 0.1) is 17.8 Å². The number of benzene rings is 2. The van der Waals surface area contributed by atoms with E-state index in [0.717, 1.165) is 55.9 Å². The Morgan fingerprint density at radius 1 is 1.00 bits per heavy atom. The van der Waals surface area contributed by atoms with E-state index in [4.69, 9.17) is 43.2 Å². The fourth-order valence-electron chi connectivity index (χ4n) is 9.45. The monoisotopic (exact) mass is 850 g/mol.